The summed E-state index contributed by atoms with van der Waals surface area (Å²) in [5, 5.41) is 9.84. The normalized spacial score (nSPS) is 34.2. The SMILES string of the molecule is CCC1(O)CN(C2CCCOC2)C1. The fourth-order valence-electron chi connectivity index (χ4n) is 2.20. The molecule has 2 fully saturated rings. The first-order valence-corrected chi connectivity index (χ1v) is 5.28. The summed E-state index contributed by atoms with van der Waals surface area (Å²) < 4.78 is 5.42. The third-order valence-electron chi connectivity index (χ3n) is 3.31. The van der Waals surface area contributed by atoms with E-state index in [1.54, 1.807) is 0 Å². The Balaban J connectivity index is 1.78. The van der Waals surface area contributed by atoms with Crippen molar-refractivity contribution in [3.63, 3.8) is 0 Å². The van der Waals surface area contributed by atoms with Gasteiger partial charge in [0.05, 0.1) is 12.2 Å². The molecule has 2 aliphatic heterocycles. The van der Waals surface area contributed by atoms with Crippen LogP contribution in [0, 0.1) is 0 Å². The molecule has 3 heteroatoms. The van der Waals surface area contributed by atoms with E-state index in [-0.39, 0.29) is 0 Å². The van der Waals surface area contributed by atoms with Crippen LogP contribution in [0.1, 0.15) is 26.2 Å². The lowest BCUT2D eigenvalue weighted by molar-refractivity contribution is -0.135. The Kier molecular flexibility index (Phi) is 2.58. The smallest absolute Gasteiger partial charge is 0.0897 e. The maximum Gasteiger partial charge on any atom is 0.0897 e. The van der Waals surface area contributed by atoms with E-state index in [4.69, 9.17) is 4.74 Å². The molecule has 0 radical (unpaired) electrons. The van der Waals surface area contributed by atoms with Crippen LogP contribution in [0.25, 0.3) is 0 Å². The molecule has 2 rings (SSSR count). The van der Waals surface area contributed by atoms with Crippen LogP contribution in [-0.2, 0) is 4.74 Å². The van der Waals surface area contributed by atoms with Gasteiger partial charge in [0.2, 0.25) is 0 Å². The predicted molar refractivity (Wildman–Crippen MR) is 50.7 cm³/mol. The molecule has 0 aromatic carbocycles. The molecule has 0 aliphatic carbocycles. The van der Waals surface area contributed by atoms with Gasteiger partial charge in [0.1, 0.15) is 0 Å². The van der Waals surface area contributed by atoms with Gasteiger partial charge >= 0.3 is 0 Å². The first-order valence-electron chi connectivity index (χ1n) is 5.28. The summed E-state index contributed by atoms with van der Waals surface area (Å²) in [5.74, 6) is 0. The Labute approximate surface area is 79.7 Å². The van der Waals surface area contributed by atoms with Gasteiger partial charge in [-0.1, -0.05) is 6.92 Å². The lowest BCUT2D eigenvalue weighted by Gasteiger charge is -2.50. The number of rotatable bonds is 2. The molecule has 3 nitrogen and oxygen atoms in total. The Morgan fingerprint density at radius 1 is 1.54 bits per heavy atom. The van der Waals surface area contributed by atoms with Gasteiger partial charge in [0.25, 0.3) is 0 Å². The molecule has 0 aromatic rings. The van der Waals surface area contributed by atoms with Gasteiger partial charge in [-0.25, -0.2) is 0 Å². The van der Waals surface area contributed by atoms with Crippen molar-refractivity contribution in [2.24, 2.45) is 0 Å². The van der Waals surface area contributed by atoms with Crippen LogP contribution in [0.15, 0.2) is 0 Å². The number of nitrogens with zero attached hydrogens (tertiary/aromatic N) is 1. The second kappa shape index (κ2) is 3.56. The number of likely N-dealkylation sites (tertiary alicyclic amines) is 1. The molecule has 2 heterocycles. The minimum atomic E-state index is -0.391. The van der Waals surface area contributed by atoms with Crippen molar-refractivity contribution in [2.75, 3.05) is 26.3 Å². The summed E-state index contributed by atoms with van der Waals surface area (Å²) in [6, 6.07) is 0.570. The predicted octanol–water partition coefficient (Wildman–Crippen LogP) is 0.622. The van der Waals surface area contributed by atoms with Crippen molar-refractivity contribution in [1.82, 2.24) is 4.90 Å². The Morgan fingerprint density at radius 2 is 2.31 bits per heavy atom. The zero-order valence-electron chi connectivity index (χ0n) is 8.33. The van der Waals surface area contributed by atoms with Crippen molar-refractivity contribution in [3.8, 4) is 0 Å². The van der Waals surface area contributed by atoms with E-state index in [0.717, 1.165) is 32.7 Å². The molecule has 1 unspecified atom stereocenters. The fourth-order valence-corrected chi connectivity index (χ4v) is 2.20. The van der Waals surface area contributed by atoms with Gasteiger partial charge in [-0.05, 0) is 19.3 Å². The van der Waals surface area contributed by atoms with E-state index in [2.05, 4.69) is 11.8 Å². The first kappa shape index (κ1) is 9.44. The van der Waals surface area contributed by atoms with Gasteiger partial charge in [0.15, 0.2) is 0 Å². The molecular formula is C10H19NO2. The maximum absolute atomic E-state index is 9.84. The van der Waals surface area contributed by atoms with Gasteiger partial charge in [-0.3, -0.25) is 4.90 Å². The van der Waals surface area contributed by atoms with E-state index < -0.39 is 5.60 Å². The van der Waals surface area contributed by atoms with Crippen LogP contribution in [0.2, 0.25) is 0 Å². The number of hydrogen-bond acceptors (Lipinski definition) is 3. The fraction of sp³-hybridized carbons (Fsp3) is 1.00. The van der Waals surface area contributed by atoms with Crippen molar-refractivity contribution in [3.05, 3.63) is 0 Å². The number of β-amino-alcohol motifs (C(OH)–C–C–N with tert-alkyl or cyclic N) is 1. The van der Waals surface area contributed by atoms with E-state index >= 15 is 0 Å². The van der Waals surface area contributed by atoms with Crippen LogP contribution < -0.4 is 0 Å². The highest BCUT2D eigenvalue weighted by molar-refractivity contribution is 4.97. The minimum absolute atomic E-state index is 0.391. The summed E-state index contributed by atoms with van der Waals surface area (Å²) in [6.07, 6.45) is 3.28. The lowest BCUT2D eigenvalue weighted by atomic mass is 9.88. The zero-order chi connectivity index (χ0) is 9.31. The molecule has 0 amide bonds. The van der Waals surface area contributed by atoms with E-state index in [9.17, 15) is 5.11 Å². The number of aliphatic hydroxyl groups is 1. The first-order chi connectivity index (χ1) is 6.23. The quantitative estimate of drug-likeness (QED) is 0.684. The van der Waals surface area contributed by atoms with Crippen molar-refractivity contribution < 1.29 is 9.84 Å². The topological polar surface area (TPSA) is 32.7 Å². The average Bonchev–Trinajstić information content (AvgIpc) is 2.14. The minimum Gasteiger partial charge on any atom is -0.387 e. The van der Waals surface area contributed by atoms with Crippen LogP contribution in [0.5, 0.6) is 0 Å². The Hall–Kier alpha value is -0.120. The standard InChI is InChI=1S/C10H19NO2/c1-2-10(12)7-11(8-10)9-4-3-5-13-6-9/h9,12H,2-8H2,1H3. The lowest BCUT2D eigenvalue weighted by Crippen LogP contribution is -2.65. The molecule has 1 N–H and O–H groups in total. The number of hydrogen-bond donors (Lipinski definition) is 1. The molecule has 2 aliphatic rings. The second-order valence-electron chi connectivity index (χ2n) is 4.35. The molecule has 0 spiro atoms. The van der Waals surface area contributed by atoms with E-state index in [0.29, 0.717) is 6.04 Å². The van der Waals surface area contributed by atoms with Gasteiger partial charge < -0.3 is 9.84 Å². The van der Waals surface area contributed by atoms with Crippen molar-refractivity contribution in [2.45, 2.75) is 37.8 Å². The van der Waals surface area contributed by atoms with Gasteiger partial charge in [-0.15, -0.1) is 0 Å². The Bertz CT molecular complexity index is 172. The summed E-state index contributed by atoms with van der Waals surface area (Å²) in [4.78, 5) is 2.35. The molecule has 2 saturated heterocycles. The summed E-state index contributed by atoms with van der Waals surface area (Å²) in [6.45, 7) is 5.52. The van der Waals surface area contributed by atoms with Crippen molar-refractivity contribution in [1.29, 1.82) is 0 Å². The third kappa shape index (κ3) is 1.87. The van der Waals surface area contributed by atoms with E-state index in [1.807, 2.05) is 0 Å². The highest BCUT2D eigenvalue weighted by atomic mass is 16.5. The molecule has 0 saturated carbocycles. The van der Waals surface area contributed by atoms with Crippen LogP contribution >= 0.6 is 0 Å². The van der Waals surface area contributed by atoms with Crippen LogP contribution in [0.4, 0.5) is 0 Å². The average molecular weight is 185 g/mol. The molecule has 76 valence electrons. The Morgan fingerprint density at radius 3 is 2.85 bits per heavy atom. The zero-order valence-corrected chi connectivity index (χ0v) is 8.33. The van der Waals surface area contributed by atoms with Crippen molar-refractivity contribution >= 4 is 0 Å². The third-order valence-corrected chi connectivity index (χ3v) is 3.31. The monoisotopic (exact) mass is 185 g/mol. The second-order valence-corrected chi connectivity index (χ2v) is 4.35. The highest BCUT2D eigenvalue weighted by Gasteiger charge is 2.42. The highest BCUT2D eigenvalue weighted by Crippen LogP contribution is 2.28. The summed E-state index contributed by atoms with van der Waals surface area (Å²) in [5.41, 5.74) is -0.391. The maximum atomic E-state index is 9.84. The van der Waals surface area contributed by atoms with Gasteiger partial charge in [-0.2, -0.15) is 0 Å². The van der Waals surface area contributed by atoms with Gasteiger partial charge in [0, 0.05) is 25.7 Å². The molecular weight excluding hydrogens is 166 g/mol. The van der Waals surface area contributed by atoms with Crippen LogP contribution in [0.3, 0.4) is 0 Å². The molecule has 1 atom stereocenters. The summed E-state index contributed by atoms with van der Waals surface area (Å²) in [7, 11) is 0. The number of ether oxygens (including phenoxy) is 1. The summed E-state index contributed by atoms with van der Waals surface area (Å²) >= 11 is 0. The largest absolute Gasteiger partial charge is 0.387 e. The molecule has 13 heavy (non-hydrogen) atoms. The van der Waals surface area contributed by atoms with Crippen LogP contribution in [-0.4, -0.2) is 48.0 Å². The molecule has 0 bridgehead atoms. The van der Waals surface area contributed by atoms with E-state index in [1.165, 1.54) is 12.8 Å². The molecule has 0 aromatic heterocycles.